The van der Waals surface area contributed by atoms with Gasteiger partial charge in [0, 0.05) is 17.9 Å². The van der Waals surface area contributed by atoms with Gasteiger partial charge in [0.05, 0.1) is 18.2 Å². The van der Waals surface area contributed by atoms with Crippen LogP contribution in [-0.2, 0) is 11.3 Å². The normalized spacial score (nSPS) is 10.5. The number of methoxy groups -OCH3 is 1. The molecule has 1 heterocycles. The van der Waals surface area contributed by atoms with E-state index in [1.807, 2.05) is 25.3 Å². The highest BCUT2D eigenvalue weighted by molar-refractivity contribution is 6.01. The van der Waals surface area contributed by atoms with Crippen molar-refractivity contribution in [3.63, 3.8) is 0 Å². The summed E-state index contributed by atoms with van der Waals surface area (Å²) in [6, 6.07) is 5.35. The van der Waals surface area contributed by atoms with Crippen molar-refractivity contribution in [1.29, 1.82) is 0 Å². The molecule has 0 fully saturated rings. The minimum absolute atomic E-state index is 0.0457. The maximum atomic E-state index is 13.3. The van der Waals surface area contributed by atoms with Crippen LogP contribution in [0.25, 0.3) is 0 Å². The molecule has 0 aliphatic carbocycles. The van der Waals surface area contributed by atoms with Crippen LogP contribution in [0.1, 0.15) is 39.0 Å². The molecule has 0 saturated heterocycles. The number of nitrogens with zero attached hydrogens (tertiary/aromatic N) is 1. The Morgan fingerprint density at radius 2 is 1.88 bits per heavy atom. The Morgan fingerprint density at radius 3 is 2.46 bits per heavy atom. The van der Waals surface area contributed by atoms with Crippen LogP contribution in [0.4, 0.5) is 4.39 Å². The fourth-order valence-electron chi connectivity index (χ4n) is 2.68. The first-order chi connectivity index (χ1) is 11.4. The second kappa shape index (κ2) is 7.29. The standard InChI is InChI=1S/C18H20FNO4/c1-5-20-11(2)8-14(12(20)3)18(22)24-10-16(21)15-9-13(19)6-7-17(15)23-4/h6-9H,5,10H2,1-4H3. The molecule has 0 N–H and O–H groups in total. The molecule has 128 valence electrons. The lowest BCUT2D eigenvalue weighted by molar-refractivity contribution is 0.0473. The van der Waals surface area contributed by atoms with Crippen molar-refractivity contribution in [2.24, 2.45) is 0 Å². The Labute approximate surface area is 140 Å². The molecule has 2 rings (SSSR count). The zero-order chi connectivity index (χ0) is 17.9. The number of benzene rings is 1. The predicted molar refractivity (Wildman–Crippen MR) is 87.1 cm³/mol. The average Bonchev–Trinajstić information content (AvgIpc) is 2.86. The maximum Gasteiger partial charge on any atom is 0.340 e. The van der Waals surface area contributed by atoms with E-state index in [2.05, 4.69) is 0 Å². The Bertz CT molecular complexity index is 780. The fraction of sp³-hybridized carbons (Fsp3) is 0.333. The third-order valence-corrected chi connectivity index (χ3v) is 3.91. The van der Waals surface area contributed by atoms with Crippen molar-refractivity contribution in [3.8, 4) is 5.75 Å². The monoisotopic (exact) mass is 333 g/mol. The molecule has 0 unspecified atom stereocenters. The number of ether oxygens (including phenoxy) is 2. The van der Waals surface area contributed by atoms with Crippen LogP contribution in [0, 0.1) is 19.7 Å². The van der Waals surface area contributed by atoms with E-state index < -0.39 is 24.2 Å². The molecule has 0 amide bonds. The van der Waals surface area contributed by atoms with Gasteiger partial charge in [-0.15, -0.1) is 0 Å². The Hall–Kier alpha value is -2.63. The first-order valence-corrected chi connectivity index (χ1v) is 7.59. The lowest BCUT2D eigenvalue weighted by Gasteiger charge is -2.09. The van der Waals surface area contributed by atoms with Crippen LogP contribution < -0.4 is 4.74 Å². The molecule has 1 aromatic carbocycles. The van der Waals surface area contributed by atoms with Gasteiger partial charge in [-0.25, -0.2) is 9.18 Å². The number of Topliss-reactive ketones (excluding diaryl/α,β-unsaturated/α-hetero) is 1. The summed E-state index contributed by atoms with van der Waals surface area (Å²) < 4.78 is 25.4. The summed E-state index contributed by atoms with van der Waals surface area (Å²) in [6.07, 6.45) is 0. The average molecular weight is 333 g/mol. The molecule has 0 aliphatic rings. The summed E-state index contributed by atoms with van der Waals surface area (Å²) >= 11 is 0. The fourth-order valence-corrected chi connectivity index (χ4v) is 2.68. The number of hydrogen-bond donors (Lipinski definition) is 0. The summed E-state index contributed by atoms with van der Waals surface area (Å²) in [5, 5.41) is 0. The van der Waals surface area contributed by atoms with Gasteiger partial charge in [0.25, 0.3) is 0 Å². The quantitative estimate of drug-likeness (QED) is 0.601. The minimum Gasteiger partial charge on any atom is -0.496 e. The zero-order valence-electron chi connectivity index (χ0n) is 14.2. The van der Waals surface area contributed by atoms with Crippen LogP contribution in [0.5, 0.6) is 5.75 Å². The summed E-state index contributed by atoms with van der Waals surface area (Å²) in [7, 11) is 1.38. The minimum atomic E-state index is -0.577. The Morgan fingerprint density at radius 1 is 1.17 bits per heavy atom. The predicted octanol–water partition coefficient (Wildman–Crippen LogP) is 3.31. The van der Waals surface area contributed by atoms with Crippen molar-refractivity contribution in [1.82, 2.24) is 4.57 Å². The highest BCUT2D eigenvalue weighted by Crippen LogP contribution is 2.21. The molecular weight excluding hydrogens is 313 g/mol. The van der Waals surface area contributed by atoms with Gasteiger partial charge in [0.1, 0.15) is 11.6 Å². The number of aromatic nitrogens is 1. The van der Waals surface area contributed by atoms with Crippen LogP contribution in [0.2, 0.25) is 0 Å². The molecule has 0 bridgehead atoms. The second-order valence-corrected chi connectivity index (χ2v) is 5.37. The molecular formula is C18H20FNO4. The first-order valence-electron chi connectivity index (χ1n) is 7.59. The van der Waals surface area contributed by atoms with E-state index in [-0.39, 0.29) is 11.3 Å². The molecule has 6 heteroatoms. The van der Waals surface area contributed by atoms with E-state index in [0.29, 0.717) is 5.56 Å². The number of carbonyl (C=O) groups excluding carboxylic acids is 2. The smallest absolute Gasteiger partial charge is 0.340 e. The number of ketones is 1. The third kappa shape index (κ3) is 3.48. The van der Waals surface area contributed by atoms with Gasteiger partial charge in [-0.3, -0.25) is 4.79 Å². The Kier molecular flexibility index (Phi) is 5.39. The Balaban J connectivity index is 2.12. The molecule has 0 spiro atoms. The van der Waals surface area contributed by atoms with Crippen molar-refractivity contribution in [2.45, 2.75) is 27.3 Å². The third-order valence-electron chi connectivity index (χ3n) is 3.91. The first kappa shape index (κ1) is 17.7. The second-order valence-electron chi connectivity index (χ2n) is 5.37. The number of hydrogen-bond acceptors (Lipinski definition) is 4. The van der Waals surface area contributed by atoms with E-state index >= 15 is 0 Å². The molecule has 0 radical (unpaired) electrons. The van der Waals surface area contributed by atoms with Crippen molar-refractivity contribution in [3.05, 3.63) is 52.6 Å². The van der Waals surface area contributed by atoms with Gasteiger partial charge >= 0.3 is 5.97 Å². The van der Waals surface area contributed by atoms with Crippen LogP contribution >= 0.6 is 0 Å². The number of halogens is 1. The van der Waals surface area contributed by atoms with E-state index in [9.17, 15) is 14.0 Å². The van der Waals surface area contributed by atoms with Crippen LogP contribution in [0.15, 0.2) is 24.3 Å². The summed E-state index contributed by atoms with van der Waals surface area (Å²) in [5.74, 6) is -1.42. The molecule has 24 heavy (non-hydrogen) atoms. The SMILES string of the molecule is CCn1c(C)cc(C(=O)OCC(=O)c2cc(F)ccc2OC)c1C. The van der Waals surface area contributed by atoms with Crippen molar-refractivity contribution >= 4 is 11.8 Å². The number of aryl methyl sites for hydroxylation is 1. The molecule has 0 aliphatic heterocycles. The van der Waals surface area contributed by atoms with E-state index in [4.69, 9.17) is 9.47 Å². The molecule has 0 saturated carbocycles. The summed E-state index contributed by atoms with van der Waals surface area (Å²) in [5.41, 5.74) is 2.20. The van der Waals surface area contributed by atoms with E-state index in [0.717, 1.165) is 24.0 Å². The summed E-state index contributed by atoms with van der Waals surface area (Å²) in [6.45, 7) is 5.97. The van der Waals surface area contributed by atoms with Crippen molar-refractivity contribution < 1.29 is 23.5 Å². The van der Waals surface area contributed by atoms with Gasteiger partial charge < -0.3 is 14.0 Å². The number of esters is 1. The molecule has 1 aromatic heterocycles. The maximum absolute atomic E-state index is 13.3. The lowest BCUT2D eigenvalue weighted by atomic mass is 10.1. The molecule has 5 nitrogen and oxygen atoms in total. The lowest BCUT2D eigenvalue weighted by Crippen LogP contribution is -2.16. The number of carbonyl (C=O) groups is 2. The van der Waals surface area contributed by atoms with Gasteiger partial charge in [0.2, 0.25) is 5.78 Å². The highest BCUT2D eigenvalue weighted by atomic mass is 19.1. The van der Waals surface area contributed by atoms with E-state index in [1.54, 1.807) is 6.07 Å². The van der Waals surface area contributed by atoms with Gasteiger partial charge in [0.15, 0.2) is 6.61 Å². The largest absolute Gasteiger partial charge is 0.496 e. The summed E-state index contributed by atoms with van der Waals surface area (Å²) in [4.78, 5) is 24.4. The molecule has 2 aromatic rings. The molecule has 0 atom stereocenters. The zero-order valence-corrected chi connectivity index (χ0v) is 14.2. The highest BCUT2D eigenvalue weighted by Gasteiger charge is 2.19. The van der Waals surface area contributed by atoms with Gasteiger partial charge in [-0.05, 0) is 45.0 Å². The van der Waals surface area contributed by atoms with Crippen molar-refractivity contribution in [2.75, 3.05) is 13.7 Å². The topological polar surface area (TPSA) is 57.5 Å². The van der Waals surface area contributed by atoms with E-state index in [1.165, 1.54) is 19.2 Å². The van der Waals surface area contributed by atoms with Crippen LogP contribution in [-0.4, -0.2) is 30.0 Å². The van der Waals surface area contributed by atoms with Crippen LogP contribution in [0.3, 0.4) is 0 Å². The van der Waals surface area contributed by atoms with Gasteiger partial charge in [-0.2, -0.15) is 0 Å². The number of rotatable bonds is 6. The van der Waals surface area contributed by atoms with Gasteiger partial charge in [-0.1, -0.05) is 0 Å².